The van der Waals surface area contributed by atoms with Crippen LogP contribution in [-0.2, 0) is 4.79 Å². The van der Waals surface area contributed by atoms with Gasteiger partial charge < -0.3 is 5.11 Å². The maximum Gasteiger partial charge on any atom is 0.329 e. The van der Waals surface area contributed by atoms with Crippen LogP contribution in [0.2, 0.25) is 0 Å². The molecule has 0 aliphatic carbocycles. The number of aliphatic carboxylic acids is 1. The Kier molecular flexibility index (Phi) is 3.47. The quantitative estimate of drug-likeness (QED) is 0.850. The van der Waals surface area contributed by atoms with Crippen molar-refractivity contribution in [3.8, 4) is 0 Å². The number of aromatic nitrogens is 3. The topological polar surface area (TPSA) is 68.0 Å². The van der Waals surface area contributed by atoms with E-state index >= 15 is 0 Å². The highest BCUT2D eigenvalue weighted by molar-refractivity contribution is 5.72. The van der Waals surface area contributed by atoms with Gasteiger partial charge in [-0.3, -0.25) is 0 Å². The molecule has 16 heavy (non-hydrogen) atoms. The molecule has 1 aromatic heterocycles. The molecule has 0 radical (unpaired) electrons. The summed E-state index contributed by atoms with van der Waals surface area (Å²) in [4.78, 5) is 11.2. The molecule has 5 nitrogen and oxygen atoms in total. The SMILES string of the molecule is C/C=C/c1cn([C@H](C(=O)O)C(C)(C)C)nn1. The minimum atomic E-state index is -0.899. The van der Waals surface area contributed by atoms with E-state index < -0.39 is 17.4 Å². The molecule has 0 bridgehead atoms. The third-order valence-corrected chi connectivity index (χ3v) is 2.18. The van der Waals surface area contributed by atoms with Crippen molar-refractivity contribution in [3.05, 3.63) is 18.0 Å². The van der Waals surface area contributed by atoms with Crippen LogP contribution in [0.3, 0.4) is 0 Å². The predicted molar refractivity (Wildman–Crippen MR) is 60.9 cm³/mol. The molecule has 1 N–H and O–H groups in total. The molecule has 0 amide bonds. The zero-order chi connectivity index (χ0) is 12.3. The van der Waals surface area contributed by atoms with Crippen LogP contribution in [0.25, 0.3) is 6.08 Å². The van der Waals surface area contributed by atoms with Crippen molar-refractivity contribution >= 4 is 12.0 Å². The van der Waals surface area contributed by atoms with Gasteiger partial charge in [0.1, 0.15) is 5.69 Å². The maximum atomic E-state index is 11.2. The van der Waals surface area contributed by atoms with E-state index in [4.69, 9.17) is 0 Å². The second kappa shape index (κ2) is 4.47. The molecule has 0 fully saturated rings. The molecule has 5 heteroatoms. The lowest BCUT2D eigenvalue weighted by Gasteiger charge is -2.26. The highest BCUT2D eigenvalue weighted by atomic mass is 16.4. The summed E-state index contributed by atoms with van der Waals surface area (Å²) < 4.78 is 1.40. The molecule has 0 aliphatic rings. The molecule has 0 aromatic carbocycles. The van der Waals surface area contributed by atoms with Crippen molar-refractivity contribution in [2.24, 2.45) is 5.41 Å². The Morgan fingerprint density at radius 1 is 1.56 bits per heavy atom. The Labute approximate surface area is 94.8 Å². The Morgan fingerprint density at radius 3 is 2.62 bits per heavy atom. The molecule has 0 saturated carbocycles. The van der Waals surface area contributed by atoms with Gasteiger partial charge in [-0.15, -0.1) is 5.10 Å². The van der Waals surface area contributed by atoms with Gasteiger partial charge in [0.05, 0.1) is 6.20 Å². The lowest BCUT2D eigenvalue weighted by molar-refractivity contribution is -0.144. The van der Waals surface area contributed by atoms with Crippen LogP contribution >= 0.6 is 0 Å². The normalized spacial score (nSPS) is 14.2. The summed E-state index contributed by atoms with van der Waals surface area (Å²) in [5.74, 6) is -0.899. The van der Waals surface area contributed by atoms with Crippen LogP contribution in [0.5, 0.6) is 0 Å². The fourth-order valence-electron chi connectivity index (χ4n) is 1.54. The van der Waals surface area contributed by atoms with E-state index in [9.17, 15) is 9.90 Å². The van der Waals surface area contributed by atoms with E-state index in [0.29, 0.717) is 5.69 Å². The number of carbonyl (C=O) groups is 1. The van der Waals surface area contributed by atoms with Gasteiger partial charge in [-0.2, -0.15) is 0 Å². The number of carboxylic acids is 1. The van der Waals surface area contributed by atoms with E-state index in [-0.39, 0.29) is 0 Å². The Bertz CT molecular complexity index is 402. The molecule has 0 spiro atoms. The minimum absolute atomic E-state index is 0.410. The van der Waals surface area contributed by atoms with E-state index in [2.05, 4.69) is 10.3 Å². The van der Waals surface area contributed by atoms with Crippen LogP contribution in [-0.4, -0.2) is 26.1 Å². The average Bonchev–Trinajstić information content (AvgIpc) is 2.50. The summed E-state index contributed by atoms with van der Waals surface area (Å²) in [5, 5.41) is 16.9. The third-order valence-electron chi connectivity index (χ3n) is 2.18. The van der Waals surface area contributed by atoms with Gasteiger partial charge in [-0.25, -0.2) is 9.48 Å². The summed E-state index contributed by atoms with van der Waals surface area (Å²) in [5.41, 5.74) is 0.255. The molecular formula is C11H17N3O2. The van der Waals surface area contributed by atoms with Crippen LogP contribution < -0.4 is 0 Å². The summed E-state index contributed by atoms with van der Waals surface area (Å²) in [7, 11) is 0. The van der Waals surface area contributed by atoms with Crippen molar-refractivity contribution in [1.29, 1.82) is 0 Å². The second-order valence-electron chi connectivity index (χ2n) is 4.73. The van der Waals surface area contributed by atoms with Gasteiger partial charge >= 0.3 is 5.97 Å². The standard InChI is InChI=1S/C11H17N3O2/c1-5-6-8-7-14(13-12-8)9(10(15)16)11(2,3)4/h5-7,9H,1-4H3,(H,15,16)/b6-5+/t9-/m1/s1. The first-order valence-electron chi connectivity index (χ1n) is 5.13. The number of hydrogen-bond donors (Lipinski definition) is 1. The number of allylic oxidation sites excluding steroid dienone is 1. The third kappa shape index (κ3) is 2.68. The van der Waals surface area contributed by atoms with Crippen molar-refractivity contribution in [3.63, 3.8) is 0 Å². The zero-order valence-corrected chi connectivity index (χ0v) is 10.0. The Morgan fingerprint density at radius 2 is 2.19 bits per heavy atom. The molecule has 1 aromatic rings. The molecular weight excluding hydrogens is 206 g/mol. The molecule has 1 heterocycles. The summed E-state index contributed by atoms with van der Waals surface area (Å²) in [6, 6.07) is -0.709. The molecule has 0 unspecified atom stereocenters. The summed E-state index contributed by atoms with van der Waals surface area (Å²) in [6.07, 6.45) is 5.26. The van der Waals surface area contributed by atoms with Gasteiger partial charge in [0.25, 0.3) is 0 Å². The smallest absolute Gasteiger partial charge is 0.329 e. The van der Waals surface area contributed by atoms with E-state index in [1.165, 1.54) is 4.68 Å². The van der Waals surface area contributed by atoms with Gasteiger partial charge in [0.15, 0.2) is 6.04 Å². The zero-order valence-electron chi connectivity index (χ0n) is 10.0. The Hall–Kier alpha value is -1.65. The van der Waals surface area contributed by atoms with Crippen LogP contribution in [0.1, 0.15) is 39.4 Å². The number of rotatable bonds is 3. The Balaban J connectivity index is 3.07. The van der Waals surface area contributed by atoms with E-state index in [0.717, 1.165) is 0 Å². The molecule has 1 atom stereocenters. The van der Waals surface area contributed by atoms with Crippen LogP contribution in [0.4, 0.5) is 0 Å². The molecule has 1 rings (SSSR count). The maximum absolute atomic E-state index is 11.2. The van der Waals surface area contributed by atoms with Crippen LogP contribution in [0, 0.1) is 5.41 Å². The lowest BCUT2D eigenvalue weighted by Crippen LogP contribution is -2.31. The van der Waals surface area contributed by atoms with Gasteiger partial charge in [0, 0.05) is 0 Å². The summed E-state index contributed by atoms with van der Waals surface area (Å²) in [6.45, 7) is 7.46. The van der Waals surface area contributed by atoms with Crippen LogP contribution in [0.15, 0.2) is 12.3 Å². The first kappa shape index (κ1) is 12.4. The van der Waals surface area contributed by atoms with Gasteiger partial charge in [-0.05, 0) is 18.4 Å². The predicted octanol–water partition coefficient (Wildman–Crippen LogP) is 1.98. The first-order chi connectivity index (χ1) is 7.36. The second-order valence-corrected chi connectivity index (χ2v) is 4.73. The minimum Gasteiger partial charge on any atom is -0.480 e. The number of nitrogens with zero attached hydrogens (tertiary/aromatic N) is 3. The fourth-order valence-corrected chi connectivity index (χ4v) is 1.54. The van der Waals surface area contributed by atoms with Gasteiger partial charge in [-0.1, -0.05) is 32.1 Å². The number of carboxylic acid groups (broad SMARTS) is 1. The monoisotopic (exact) mass is 223 g/mol. The number of hydrogen-bond acceptors (Lipinski definition) is 3. The van der Waals surface area contributed by atoms with Crippen molar-refractivity contribution in [1.82, 2.24) is 15.0 Å². The summed E-state index contributed by atoms with van der Waals surface area (Å²) >= 11 is 0. The van der Waals surface area contributed by atoms with E-state index in [1.807, 2.05) is 33.8 Å². The highest BCUT2D eigenvalue weighted by Crippen LogP contribution is 2.30. The van der Waals surface area contributed by atoms with Crippen molar-refractivity contribution < 1.29 is 9.90 Å². The molecule has 0 saturated heterocycles. The average molecular weight is 223 g/mol. The fraction of sp³-hybridized carbons (Fsp3) is 0.545. The first-order valence-corrected chi connectivity index (χ1v) is 5.13. The van der Waals surface area contributed by atoms with Crippen molar-refractivity contribution in [2.75, 3.05) is 0 Å². The van der Waals surface area contributed by atoms with E-state index in [1.54, 1.807) is 12.3 Å². The highest BCUT2D eigenvalue weighted by Gasteiger charge is 2.33. The lowest BCUT2D eigenvalue weighted by atomic mass is 9.87. The van der Waals surface area contributed by atoms with Gasteiger partial charge in [0.2, 0.25) is 0 Å². The molecule has 0 aliphatic heterocycles. The molecule has 88 valence electrons. The van der Waals surface area contributed by atoms with Crippen molar-refractivity contribution in [2.45, 2.75) is 33.7 Å². The largest absolute Gasteiger partial charge is 0.480 e.